The van der Waals surface area contributed by atoms with Crippen LogP contribution in [0.25, 0.3) is 0 Å². The second-order valence-corrected chi connectivity index (χ2v) is 8.45. The van der Waals surface area contributed by atoms with Gasteiger partial charge in [-0.25, -0.2) is 14.5 Å². The largest absolute Gasteiger partial charge is 0.480 e. The minimum absolute atomic E-state index is 0.0329. The Labute approximate surface area is 211 Å². The molecule has 1 aliphatic heterocycles. The van der Waals surface area contributed by atoms with Gasteiger partial charge in [-0.1, -0.05) is 12.1 Å². The van der Waals surface area contributed by atoms with E-state index in [0.29, 0.717) is 11.3 Å². The number of anilines is 1. The molecule has 0 unspecified atom stereocenters. The second kappa shape index (κ2) is 13.2. The lowest BCUT2D eigenvalue weighted by Gasteiger charge is -2.30. The zero-order valence-electron chi connectivity index (χ0n) is 19.9. The van der Waals surface area contributed by atoms with Crippen LogP contribution in [0.5, 0.6) is 0 Å². The first-order valence-corrected chi connectivity index (χ1v) is 11.1. The third-order valence-corrected chi connectivity index (χ3v) is 5.34. The third-order valence-electron chi connectivity index (χ3n) is 5.34. The highest BCUT2D eigenvalue weighted by atomic mass is 16.4. The smallest absolute Gasteiger partial charge is 0.332 e. The van der Waals surface area contributed by atoms with Crippen molar-refractivity contribution in [2.75, 3.05) is 31.1 Å². The third kappa shape index (κ3) is 9.10. The Hall–Kier alpha value is -4.14. The summed E-state index contributed by atoms with van der Waals surface area (Å²) in [5.41, 5.74) is 1.06. The normalized spacial score (nSPS) is 14.8. The summed E-state index contributed by atoms with van der Waals surface area (Å²) in [7, 11) is 0. The highest BCUT2D eigenvalue weighted by Crippen LogP contribution is 2.20. The van der Waals surface area contributed by atoms with Crippen molar-refractivity contribution in [1.82, 2.24) is 15.5 Å². The molecule has 6 N–H and O–H groups in total. The van der Waals surface area contributed by atoms with Gasteiger partial charge in [0.05, 0.1) is 18.8 Å². The molecule has 0 aliphatic carbocycles. The molecule has 1 aromatic rings. The maximum atomic E-state index is 11.9. The molecule has 1 aromatic carbocycles. The van der Waals surface area contributed by atoms with Gasteiger partial charge in [0.2, 0.25) is 6.04 Å². The number of benzene rings is 1. The van der Waals surface area contributed by atoms with Gasteiger partial charge in [-0.15, -0.1) is 0 Å². The molecule has 0 saturated carbocycles. The number of carboxylic acids is 4. The lowest BCUT2D eigenvalue weighted by molar-refractivity contribution is -0.151. The van der Waals surface area contributed by atoms with Crippen molar-refractivity contribution in [2.45, 2.75) is 31.5 Å². The fourth-order valence-corrected chi connectivity index (χ4v) is 3.83. The quantitative estimate of drug-likeness (QED) is 0.109. The lowest BCUT2D eigenvalue weighted by Crippen LogP contribution is -2.53. The Morgan fingerprint density at radius 2 is 1.46 bits per heavy atom. The molecule has 200 valence electrons. The van der Waals surface area contributed by atoms with Gasteiger partial charge >= 0.3 is 23.9 Å². The van der Waals surface area contributed by atoms with Crippen molar-refractivity contribution in [3.05, 3.63) is 42.0 Å². The number of amides is 2. The van der Waals surface area contributed by atoms with Gasteiger partial charge < -0.3 is 25.7 Å². The maximum absolute atomic E-state index is 11.9. The van der Waals surface area contributed by atoms with E-state index in [1.54, 1.807) is 24.3 Å². The number of nitrogens with one attached hydrogen (secondary N) is 2. The summed E-state index contributed by atoms with van der Waals surface area (Å²) in [5, 5.41) is 41.8. The molecule has 0 radical (unpaired) electrons. The van der Waals surface area contributed by atoms with Crippen molar-refractivity contribution in [3.63, 3.8) is 0 Å². The van der Waals surface area contributed by atoms with Gasteiger partial charge in [-0.2, -0.15) is 0 Å². The summed E-state index contributed by atoms with van der Waals surface area (Å²) in [6, 6.07) is 3.24. The van der Waals surface area contributed by atoms with Crippen molar-refractivity contribution in [2.24, 2.45) is 0 Å². The van der Waals surface area contributed by atoms with Crippen LogP contribution in [0.4, 0.5) is 5.69 Å². The molecule has 2 atom stereocenters. The number of hydrogen-bond acceptors (Lipinski definition) is 9. The van der Waals surface area contributed by atoms with Gasteiger partial charge in [0.25, 0.3) is 11.8 Å². The number of nitrogens with zero attached hydrogens (tertiary/aromatic N) is 2. The van der Waals surface area contributed by atoms with E-state index in [0.717, 1.165) is 17.1 Å². The predicted molar refractivity (Wildman–Crippen MR) is 127 cm³/mol. The summed E-state index contributed by atoms with van der Waals surface area (Å²) in [4.78, 5) is 71.0. The molecule has 14 nitrogen and oxygen atoms in total. The summed E-state index contributed by atoms with van der Waals surface area (Å²) < 4.78 is 0. The Kier molecular flexibility index (Phi) is 10.4. The Morgan fingerprint density at radius 3 is 1.95 bits per heavy atom. The van der Waals surface area contributed by atoms with Gasteiger partial charge in [0.15, 0.2) is 0 Å². The van der Waals surface area contributed by atoms with Crippen LogP contribution in [0, 0.1) is 0 Å². The molecular weight excluding hydrogens is 492 g/mol. The fraction of sp³-hybridized carbons (Fsp3) is 0.391. The zero-order chi connectivity index (χ0) is 27.7. The van der Waals surface area contributed by atoms with Crippen LogP contribution < -0.4 is 15.5 Å². The maximum Gasteiger partial charge on any atom is 0.332 e. The predicted octanol–water partition coefficient (Wildman–Crippen LogP) is -1.40. The van der Waals surface area contributed by atoms with Crippen LogP contribution in [0.1, 0.15) is 12.5 Å². The van der Waals surface area contributed by atoms with Crippen LogP contribution in [0.15, 0.2) is 36.4 Å². The van der Waals surface area contributed by atoms with E-state index in [9.17, 15) is 33.9 Å². The SMILES string of the molecule is C[C@@H](CN(CC(=O)O)C[C@H](Cc1ccc(N2C(=O)C=CC2=O)cc1)NCC(=O)O)NC(C(=O)O)C(=O)O. The van der Waals surface area contributed by atoms with E-state index in [4.69, 9.17) is 15.3 Å². The molecule has 1 aliphatic rings. The van der Waals surface area contributed by atoms with E-state index in [2.05, 4.69) is 10.6 Å². The van der Waals surface area contributed by atoms with Gasteiger partial charge in [0.1, 0.15) is 0 Å². The van der Waals surface area contributed by atoms with Gasteiger partial charge in [-0.05, 0) is 31.0 Å². The summed E-state index contributed by atoms with van der Waals surface area (Å²) in [5.74, 6) is -6.46. The molecule has 0 spiro atoms. The van der Waals surface area contributed by atoms with E-state index >= 15 is 0 Å². The van der Waals surface area contributed by atoms with Crippen molar-refractivity contribution in [3.8, 4) is 0 Å². The number of carbonyl (C=O) groups is 6. The average molecular weight is 520 g/mol. The Bertz CT molecular complexity index is 1040. The second-order valence-electron chi connectivity index (χ2n) is 8.45. The number of hydrogen-bond donors (Lipinski definition) is 6. The fourth-order valence-electron chi connectivity index (χ4n) is 3.83. The molecule has 0 aromatic heterocycles. The molecular formula is C23H28N4O10. The Morgan fingerprint density at radius 1 is 0.892 bits per heavy atom. The van der Waals surface area contributed by atoms with Crippen LogP contribution in [0.2, 0.25) is 0 Å². The zero-order valence-corrected chi connectivity index (χ0v) is 19.9. The molecule has 0 saturated heterocycles. The number of aliphatic carboxylic acids is 4. The van der Waals surface area contributed by atoms with Gasteiger partial charge in [0, 0.05) is 37.3 Å². The minimum Gasteiger partial charge on any atom is -0.480 e. The molecule has 2 rings (SSSR count). The van der Waals surface area contributed by atoms with Crippen molar-refractivity contribution < 1.29 is 49.2 Å². The molecule has 2 amide bonds. The van der Waals surface area contributed by atoms with Crippen LogP contribution >= 0.6 is 0 Å². The molecule has 0 bridgehead atoms. The molecule has 37 heavy (non-hydrogen) atoms. The van der Waals surface area contributed by atoms with Gasteiger partial charge in [-0.3, -0.25) is 29.4 Å². The molecule has 14 heteroatoms. The number of imide groups is 1. The standard InChI is InChI=1S/C23H28N4O10/c1-13(25-21(22(34)35)23(36)37)10-26(12-20(32)33)11-15(24-9-19(30)31)8-14-2-4-16(5-3-14)27-17(28)6-7-18(27)29/h2-7,13,15,21,24-25H,8-12H2,1H3,(H,30,31)(H,32,33)(H,34,35)(H,36,37)/t13-,15-/m0/s1. The Balaban J connectivity index is 2.14. The number of carboxylic acid groups (broad SMARTS) is 4. The molecule has 1 heterocycles. The first kappa shape index (κ1) is 29.1. The summed E-state index contributed by atoms with van der Waals surface area (Å²) >= 11 is 0. The van der Waals surface area contributed by atoms with Crippen LogP contribution in [0.3, 0.4) is 0 Å². The van der Waals surface area contributed by atoms with Crippen LogP contribution in [-0.4, -0.2) is 105 Å². The van der Waals surface area contributed by atoms with Crippen LogP contribution in [-0.2, 0) is 35.2 Å². The van der Waals surface area contributed by atoms with E-state index in [1.807, 2.05) is 0 Å². The highest BCUT2D eigenvalue weighted by molar-refractivity contribution is 6.28. The lowest BCUT2D eigenvalue weighted by atomic mass is 10.0. The minimum atomic E-state index is -1.88. The van der Waals surface area contributed by atoms with E-state index < -0.39 is 66.9 Å². The topological polar surface area (TPSA) is 214 Å². The van der Waals surface area contributed by atoms with E-state index in [1.165, 1.54) is 11.8 Å². The van der Waals surface area contributed by atoms with Crippen molar-refractivity contribution in [1.29, 1.82) is 0 Å². The number of rotatable bonds is 16. The van der Waals surface area contributed by atoms with Crippen molar-refractivity contribution >= 4 is 41.4 Å². The average Bonchev–Trinajstić information content (AvgIpc) is 3.13. The highest BCUT2D eigenvalue weighted by Gasteiger charge is 2.29. The summed E-state index contributed by atoms with van der Waals surface area (Å²) in [6.07, 6.45) is 2.56. The molecule has 0 fully saturated rings. The number of carbonyl (C=O) groups excluding carboxylic acids is 2. The van der Waals surface area contributed by atoms with E-state index in [-0.39, 0.29) is 19.5 Å². The monoisotopic (exact) mass is 520 g/mol. The summed E-state index contributed by atoms with van der Waals surface area (Å²) in [6.45, 7) is 0.611. The first-order chi connectivity index (χ1) is 17.4. The first-order valence-electron chi connectivity index (χ1n) is 11.1.